The standard InChI is InChI=1S/C39H50OS/c1-11-24(4)32-35(41)33(23(2)3)38(9)22-37(8)21-30-29(20-18-28-15-13-12-14-16-28)19-17-25(5)31(30)26(6)34(37)27(7)39(38,10)36(32)40/h17,19,23,28,33,41H,4,6,11-16,21-22H2,1-3,5,7-10H3/t33-,37+,38+,39-/m1/s1. The van der Waals surface area contributed by atoms with E-state index in [1.54, 1.807) is 0 Å². The molecule has 0 heterocycles. The van der Waals surface area contributed by atoms with Crippen LogP contribution in [0.15, 0.2) is 52.5 Å². The van der Waals surface area contributed by atoms with Gasteiger partial charge in [0.15, 0.2) is 5.78 Å². The Labute approximate surface area is 255 Å². The summed E-state index contributed by atoms with van der Waals surface area (Å²) in [6.07, 6.45) is 8.99. The van der Waals surface area contributed by atoms with Gasteiger partial charge in [-0.3, -0.25) is 4.79 Å². The molecule has 41 heavy (non-hydrogen) atoms. The van der Waals surface area contributed by atoms with Crippen LogP contribution in [0.1, 0.15) is 116 Å². The number of allylic oxidation sites excluding steroid dienone is 6. The molecule has 2 heteroatoms. The molecule has 5 rings (SSSR count). The van der Waals surface area contributed by atoms with Crippen molar-refractivity contribution in [1.82, 2.24) is 0 Å². The Morgan fingerprint density at radius 3 is 2.39 bits per heavy atom. The maximum absolute atomic E-state index is 14.7. The minimum atomic E-state index is -0.650. The van der Waals surface area contributed by atoms with Gasteiger partial charge in [0.05, 0.1) is 5.41 Å². The quantitative estimate of drug-likeness (QED) is 0.284. The highest BCUT2D eigenvalue weighted by molar-refractivity contribution is 7.84. The van der Waals surface area contributed by atoms with Crippen LogP contribution in [0.4, 0.5) is 0 Å². The van der Waals surface area contributed by atoms with Crippen LogP contribution in [-0.2, 0) is 11.2 Å². The van der Waals surface area contributed by atoms with Gasteiger partial charge in [-0.15, -0.1) is 12.6 Å². The van der Waals surface area contributed by atoms with Gasteiger partial charge in [-0.05, 0) is 120 Å². The maximum atomic E-state index is 14.7. The van der Waals surface area contributed by atoms with Crippen molar-refractivity contribution in [1.29, 1.82) is 0 Å². The first-order valence-electron chi connectivity index (χ1n) is 15.9. The molecule has 4 atom stereocenters. The number of carbonyl (C=O) groups is 1. The summed E-state index contributed by atoms with van der Waals surface area (Å²) >= 11 is 5.14. The van der Waals surface area contributed by atoms with Crippen molar-refractivity contribution in [3.05, 3.63) is 74.7 Å². The summed E-state index contributed by atoms with van der Waals surface area (Å²) in [5.41, 5.74) is 9.23. The molecule has 0 aromatic heterocycles. The smallest absolute Gasteiger partial charge is 0.174 e. The lowest BCUT2D eigenvalue weighted by Crippen LogP contribution is -2.60. The normalized spacial score (nSPS) is 31.9. The molecule has 1 saturated carbocycles. The molecule has 1 aromatic rings. The third kappa shape index (κ3) is 4.32. The van der Waals surface area contributed by atoms with Gasteiger partial charge in [-0.1, -0.05) is 90.5 Å². The molecule has 0 N–H and O–H groups in total. The molecule has 0 bridgehead atoms. The number of benzene rings is 1. The van der Waals surface area contributed by atoms with E-state index in [2.05, 4.69) is 85.9 Å². The van der Waals surface area contributed by atoms with Crippen LogP contribution < -0.4 is 0 Å². The number of aryl methyl sites for hydroxylation is 1. The van der Waals surface area contributed by atoms with Gasteiger partial charge >= 0.3 is 0 Å². The molecule has 0 unspecified atom stereocenters. The molecule has 218 valence electrons. The van der Waals surface area contributed by atoms with Crippen LogP contribution in [0.2, 0.25) is 0 Å². The molecule has 0 spiro atoms. The van der Waals surface area contributed by atoms with Gasteiger partial charge in [-0.2, -0.15) is 0 Å². The van der Waals surface area contributed by atoms with E-state index < -0.39 is 5.41 Å². The lowest BCUT2D eigenvalue weighted by molar-refractivity contribution is -0.136. The average molecular weight is 567 g/mol. The predicted octanol–water partition coefficient (Wildman–Crippen LogP) is 10.2. The minimum Gasteiger partial charge on any atom is -0.293 e. The number of ketones is 1. The number of hydrogen-bond donors (Lipinski definition) is 1. The fourth-order valence-corrected chi connectivity index (χ4v) is 10.5. The first-order valence-corrected chi connectivity index (χ1v) is 16.4. The number of fused-ring (bicyclic) bond motifs is 3. The SMILES string of the molecule is C=C(CC)C1=C(S)[C@@H](C(C)C)[C@]2(C)C[C@]3(C)Cc4c(C#CC5CCCCC5)ccc(C)c4C(=C)C3=C(C)[C@]2(C)C1=O. The predicted molar refractivity (Wildman–Crippen MR) is 178 cm³/mol. The number of thiol groups is 1. The molecule has 0 radical (unpaired) electrons. The third-order valence-electron chi connectivity index (χ3n) is 11.7. The summed E-state index contributed by atoms with van der Waals surface area (Å²) in [5, 5.41) is 0. The van der Waals surface area contributed by atoms with Crippen molar-refractivity contribution in [2.24, 2.45) is 34.0 Å². The highest BCUT2D eigenvalue weighted by Crippen LogP contribution is 2.71. The van der Waals surface area contributed by atoms with Gasteiger partial charge in [0.2, 0.25) is 0 Å². The molecule has 1 aromatic carbocycles. The number of carbonyl (C=O) groups excluding carboxylic acids is 1. The van der Waals surface area contributed by atoms with Crippen molar-refractivity contribution in [2.45, 2.75) is 107 Å². The third-order valence-corrected chi connectivity index (χ3v) is 12.2. The van der Waals surface area contributed by atoms with E-state index >= 15 is 0 Å². The Hall–Kier alpha value is -2.24. The summed E-state index contributed by atoms with van der Waals surface area (Å²) in [7, 11) is 0. The van der Waals surface area contributed by atoms with Gasteiger partial charge in [-0.25, -0.2) is 0 Å². The monoisotopic (exact) mass is 566 g/mol. The number of rotatable bonds is 3. The first-order chi connectivity index (χ1) is 19.2. The number of Topliss-reactive ketones (excluding diaryl/α,β-unsaturated/α-hetero) is 1. The molecule has 0 aliphatic heterocycles. The van der Waals surface area contributed by atoms with Gasteiger partial charge in [0.25, 0.3) is 0 Å². The molecule has 4 aliphatic rings. The Kier molecular flexibility index (Phi) is 7.73. The second-order valence-corrected chi connectivity index (χ2v) is 15.1. The lowest BCUT2D eigenvalue weighted by Gasteiger charge is -2.63. The Morgan fingerprint density at radius 2 is 1.78 bits per heavy atom. The topological polar surface area (TPSA) is 17.1 Å². The Bertz CT molecular complexity index is 1460. The second-order valence-electron chi connectivity index (χ2n) is 14.6. The molecule has 1 fully saturated rings. The van der Waals surface area contributed by atoms with Crippen LogP contribution in [0.25, 0.3) is 5.57 Å². The zero-order chi connectivity index (χ0) is 30.1. The van der Waals surface area contributed by atoms with Crippen molar-refractivity contribution in [3.8, 4) is 11.8 Å². The maximum Gasteiger partial charge on any atom is 0.174 e. The van der Waals surface area contributed by atoms with Crippen LogP contribution >= 0.6 is 12.6 Å². The summed E-state index contributed by atoms with van der Waals surface area (Å²) < 4.78 is 0. The number of hydrogen-bond acceptors (Lipinski definition) is 2. The average Bonchev–Trinajstić information content (AvgIpc) is 2.90. The Balaban J connectivity index is 1.72. The molecular weight excluding hydrogens is 516 g/mol. The van der Waals surface area contributed by atoms with E-state index in [0.29, 0.717) is 11.8 Å². The van der Waals surface area contributed by atoms with Crippen molar-refractivity contribution in [3.63, 3.8) is 0 Å². The zero-order valence-corrected chi connectivity index (χ0v) is 27.7. The highest BCUT2D eigenvalue weighted by Gasteiger charge is 2.66. The fourth-order valence-electron chi connectivity index (χ4n) is 9.62. The largest absolute Gasteiger partial charge is 0.293 e. The summed E-state index contributed by atoms with van der Waals surface area (Å²) in [6, 6.07) is 4.47. The molecule has 4 aliphatic carbocycles. The van der Waals surface area contributed by atoms with Gasteiger partial charge < -0.3 is 0 Å². The summed E-state index contributed by atoms with van der Waals surface area (Å²) in [5.74, 6) is 8.55. The summed E-state index contributed by atoms with van der Waals surface area (Å²) in [4.78, 5) is 15.7. The van der Waals surface area contributed by atoms with Crippen molar-refractivity contribution in [2.75, 3.05) is 0 Å². The van der Waals surface area contributed by atoms with E-state index in [1.165, 1.54) is 65.5 Å². The highest BCUT2D eigenvalue weighted by atomic mass is 32.1. The van der Waals surface area contributed by atoms with Crippen LogP contribution in [0.5, 0.6) is 0 Å². The van der Waals surface area contributed by atoms with Crippen molar-refractivity contribution >= 4 is 24.0 Å². The second kappa shape index (κ2) is 10.5. The van der Waals surface area contributed by atoms with Crippen LogP contribution in [0.3, 0.4) is 0 Å². The molecule has 0 amide bonds. The van der Waals surface area contributed by atoms with Crippen LogP contribution in [0, 0.1) is 52.8 Å². The molecule has 0 saturated heterocycles. The van der Waals surface area contributed by atoms with Gasteiger partial charge in [0.1, 0.15) is 0 Å². The first kappa shape index (κ1) is 30.2. The van der Waals surface area contributed by atoms with E-state index in [9.17, 15) is 4.79 Å². The molecule has 1 nitrogen and oxygen atoms in total. The molecular formula is C39H50OS. The van der Waals surface area contributed by atoms with E-state index in [4.69, 9.17) is 19.2 Å². The van der Waals surface area contributed by atoms with Crippen LogP contribution in [-0.4, -0.2) is 5.78 Å². The van der Waals surface area contributed by atoms with Crippen molar-refractivity contribution < 1.29 is 4.79 Å². The van der Waals surface area contributed by atoms with Gasteiger partial charge in [0, 0.05) is 17.1 Å². The van der Waals surface area contributed by atoms with E-state index in [1.807, 2.05) is 0 Å². The summed E-state index contributed by atoms with van der Waals surface area (Å²) in [6.45, 7) is 27.3. The minimum absolute atomic E-state index is 0.141. The van der Waals surface area contributed by atoms with E-state index in [0.717, 1.165) is 40.9 Å². The lowest BCUT2D eigenvalue weighted by atomic mass is 9.39. The fraction of sp³-hybridized carbons (Fsp3) is 0.564. The Morgan fingerprint density at radius 1 is 1.12 bits per heavy atom. The zero-order valence-electron chi connectivity index (χ0n) is 26.8. The van der Waals surface area contributed by atoms with E-state index in [-0.39, 0.29) is 22.5 Å².